The van der Waals surface area contributed by atoms with Crippen LogP contribution in [0.25, 0.3) is 0 Å². The monoisotopic (exact) mass is 489 g/mol. The second-order valence-electron chi connectivity index (χ2n) is 5.62. The Labute approximate surface area is 177 Å². The maximum absolute atomic E-state index is 12.6. The van der Waals surface area contributed by atoms with Crippen LogP contribution < -0.4 is 10.1 Å². The molecule has 1 aromatic heterocycles. The van der Waals surface area contributed by atoms with Crippen LogP contribution in [0.1, 0.15) is 15.9 Å². The van der Waals surface area contributed by atoms with Gasteiger partial charge < -0.3 is 10.1 Å². The number of rotatable bonds is 6. The summed E-state index contributed by atoms with van der Waals surface area (Å²) in [5, 5.41) is 7.56. The van der Waals surface area contributed by atoms with Crippen molar-refractivity contribution in [3.8, 4) is 5.75 Å². The highest BCUT2D eigenvalue weighted by Crippen LogP contribution is 2.27. The molecule has 0 saturated heterocycles. The third-order valence-corrected chi connectivity index (χ3v) is 4.63. The van der Waals surface area contributed by atoms with Crippen LogP contribution in [-0.4, -0.2) is 22.3 Å². The van der Waals surface area contributed by atoms with Gasteiger partial charge in [0.05, 0.1) is 12.1 Å². The van der Waals surface area contributed by atoms with E-state index in [1.807, 2.05) is 12.1 Å². The van der Waals surface area contributed by atoms with Crippen LogP contribution >= 0.6 is 39.1 Å². The minimum absolute atomic E-state index is 0.0852. The summed E-state index contributed by atoms with van der Waals surface area (Å²) < 4.78 is 31.6. The van der Waals surface area contributed by atoms with E-state index in [9.17, 15) is 13.6 Å². The van der Waals surface area contributed by atoms with E-state index in [-0.39, 0.29) is 22.2 Å². The molecular formula is C18H12BrCl2F2N3O2. The number of anilines is 1. The number of hydrogen-bond acceptors (Lipinski definition) is 3. The van der Waals surface area contributed by atoms with E-state index in [0.29, 0.717) is 16.0 Å². The van der Waals surface area contributed by atoms with Crippen molar-refractivity contribution in [2.24, 2.45) is 0 Å². The molecule has 0 spiro atoms. The van der Waals surface area contributed by atoms with Gasteiger partial charge in [-0.2, -0.15) is 13.9 Å². The van der Waals surface area contributed by atoms with Crippen molar-refractivity contribution in [3.63, 3.8) is 0 Å². The predicted molar refractivity (Wildman–Crippen MR) is 107 cm³/mol. The first-order valence-corrected chi connectivity index (χ1v) is 9.40. The summed E-state index contributed by atoms with van der Waals surface area (Å²) in [5.41, 5.74) is 0.846. The SMILES string of the molecule is O=C(Nc1nn(Cc2ccc(Cl)cc2)cc1Cl)c1cc(Br)ccc1OC(F)F. The fraction of sp³-hybridized carbons (Fsp3) is 0.111. The molecule has 0 aliphatic heterocycles. The lowest BCUT2D eigenvalue weighted by atomic mass is 10.2. The fourth-order valence-corrected chi connectivity index (χ4v) is 3.08. The fourth-order valence-electron chi connectivity index (χ4n) is 2.39. The van der Waals surface area contributed by atoms with Gasteiger partial charge in [-0.1, -0.05) is 51.3 Å². The van der Waals surface area contributed by atoms with Gasteiger partial charge in [0, 0.05) is 15.7 Å². The van der Waals surface area contributed by atoms with Gasteiger partial charge in [-0.3, -0.25) is 9.48 Å². The van der Waals surface area contributed by atoms with E-state index in [1.54, 1.807) is 23.0 Å². The van der Waals surface area contributed by atoms with Crippen LogP contribution in [0, 0.1) is 0 Å². The smallest absolute Gasteiger partial charge is 0.387 e. The number of benzene rings is 2. The first kappa shape index (κ1) is 20.6. The molecule has 0 aliphatic carbocycles. The highest BCUT2D eigenvalue weighted by Gasteiger charge is 2.19. The molecule has 0 saturated carbocycles. The lowest BCUT2D eigenvalue weighted by molar-refractivity contribution is -0.0501. The minimum atomic E-state index is -3.06. The molecule has 0 aliphatic rings. The van der Waals surface area contributed by atoms with Crippen molar-refractivity contribution < 1.29 is 18.3 Å². The maximum atomic E-state index is 12.6. The maximum Gasteiger partial charge on any atom is 0.387 e. The number of carbonyl (C=O) groups excluding carboxylic acids is 1. The molecule has 28 heavy (non-hydrogen) atoms. The van der Waals surface area contributed by atoms with E-state index in [4.69, 9.17) is 23.2 Å². The third-order valence-electron chi connectivity index (χ3n) is 3.61. The number of nitrogens with one attached hydrogen (secondary N) is 1. The molecule has 5 nitrogen and oxygen atoms in total. The highest BCUT2D eigenvalue weighted by atomic mass is 79.9. The standard InChI is InChI=1S/C18H12BrCl2F2N3O2/c19-11-3-6-15(28-18(22)23)13(7-11)17(27)24-16-14(21)9-26(25-16)8-10-1-4-12(20)5-2-10/h1-7,9,18H,8H2,(H,24,25,27). The van der Waals surface area contributed by atoms with Crippen molar-refractivity contribution in [2.45, 2.75) is 13.2 Å². The Morgan fingerprint density at radius 3 is 2.61 bits per heavy atom. The number of halogens is 5. The number of ether oxygens (including phenoxy) is 1. The van der Waals surface area contributed by atoms with Gasteiger partial charge >= 0.3 is 6.61 Å². The average Bonchev–Trinajstić information content (AvgIpc) is 2.97. The zero-order chi connectivity index (χ0) is 20.3. The second-order valence-corrected chi connectivity index (χ2v) is 7.38. The molecule has 0 fully saturated rings. The molecule has 1 heterocycles. The molecule has 1 N–H and O–H groups in total. The van der Waals surface area contributed by atoms with Crippen molar-refractivity contribution in [3.05, 3.63) is 74.3 Å². The number of amides is 1. The molecule has 1 amide bonds. The quantitative estimate of drug-likeness (QED) is 0.471. The summed E-state index contributed by atoms with van der Waals surface area (Å²) in [4.78, 5) is 12.5. The molecule has 3 rings (SSSR count). The molecule has 0 unspecified atom stereocenters. The summed E-state index contributed by atoms with van der Waals surface area (Å²) in [6, 6.07) is 11.3. The van der Waals surface area contributed by atoms with Gasteiger partial charge in [-0.15, -0.1) is 0 Å². The Hall–Kier alpha value is -2.16. The average molecular weight is 491 g/mol. The first-order valence-electron chi connectivity index (χ1n) is 7.85. The molecule has 2 aromatic carbocycles. The van der Waals surface area contributed by atoms with Crippen LogP contribution in [0.15, 0.2) is 53.1 Å². The molecule has 0 radical (unpaired) electrons. The molecule has 0 bridgehead atoms. The van der Waals surface area contributed by atoms with Crippen molar-refractivity contribution in [2.75, 3.05) is 5.32 Å². The molecule has 3 aromatic rings. The second kappa shape index (κ2) is 8.89. The summed E-state index contributed by atoms with van der Waals surface area (Å²) >= 11 is 15.2. The zero-order valence-corrected chi connectivity index (χ0v) is 17.1. The normalized spacial score (nSPS) is 10.9. The molecule has 10 heteroatoms. The number of aromatic nitrogens is 2. The van der Waals surface area contributed by atoms with Crippen LogP contribution in [0.5, 0.6) is 5.75 Å². The van der Waals surface area contributed by atoms with Gasteiger partial charge in [-0.05, 0) is 35.9 Å². The Balaban J connectivity index is 1.78. The van der Waals surface area contributed by atoms with E-state index in [1.165, 1.54) is 18.2 Å². The Bertz CT molecular complexity index is 997. The van der Waals surface area contributed by atoms with Crippen LogP contribution in [-0.2, 0) is 6.54 Å². The van der Waals surface area contributed by atoms with Crippen molar-refractivity contribution >= 4 is 50.9 Å². The van der Waals surface area contributed by atoms with E-state index in [2.05, 4.69) is 31.1 Å². The molecule has 146 valence electrons. The van der Waals surface area contributed by atoms with Gasteiger partial charge in [0.2, 0.25) is 0 Å². The van der Waals surface area contributed by atoms with Gasteiger partial charge in [0.15, 0.2) is 5.82 Å². The van der Waals surface area contributed by atoms with Crippen molar-refractivity contribution in [1.29, 1.82) is 0 Å². The molecule has 0 atom stereocenters. The summed E-state index contributed by atoms with van der Waals surface area (Å²) in [6.45, 7) is -2.65. The summed E-state index contributed by atoms with van der Waals surface area (Å²) in [7, 11) is 0. The minimum Gasteiger partial charge on any atom is -0.434 e. The number of carbonyl (C=O) groups is 1. The Morgan fingerprint density at radius 2 is 1.93 bits per heavy atom. The summed E-state index contributed by atoms with van der Waals surface area (Å²) in [6.07, 6.45) is 1.54. The molecular weight excluding hydrogens is 479 g/mol. The van der Waals surface area contributed by atoms with Crippen LogP contribution in [0.2, 0.25) is 10.0 Å². The zero-order valence-electron chi connectivity index (χ0n) is 14.0. The van der Waals surface area contributed by atoms with E-state index < -0.39 is 12.5 Å². The summed E-state index contributed by atoms with van der Waals surface area (Å²) in [5.74, 6) is -0.841. The first-order chi connectivity index (χ1) is 13.3. The largest absolute Gasteiger partial charge is 0.434 e. The number of hydrogen-bond donors (Lipinski definition) is 1. The van der Waals surface area contributed by atoms with Gasteiger partial charge in [0.1, 0.15) is 10.8 Å². The number of nitrogens with zero attached hydrogens (tertiary/aromatic N) is 2. The van der Waals surface area contributed by atoms with Crippen LogP contribution in [0.3, 0.4) is 0 Å². The van der Waals surface area contributed by atoms with Gasteiger partial charge in [0.25, 0.3) is 5.91 Å². The third kappa shape index (κ3) is 5.21. The lowest BCUT2D eigenvalue weighted by Crippen LogP contribution is -2.16. The topological polar surface area (TPSA) is 56.2 Å². The Morgan fingerprint density at radius 1 is 1.21 bits per heavy atom. The Kier molecular flexibility index (Phi) is 6.53. The predicted octanol–water partition coefficient (Wildman–Crippen LogP) is 5.85. The van der Waals surface area contributed by atoms with E-state index >= 15 is 0 Å². The lowest BCUT2D eigenvalue weighted by Gasteiger charge is -2.10. The van der Waals surface area contributed by atoms with Gasteiger partial charge in [-0.25, -0.2) is 0 Å². The van der Waals surface area contributed by atoms with Crippen molar-refractivity contribution in [1.82, 2.24) is 9.78 Å². The highest BCUT2D eigenvalue weighted by molar-refractivity contribution is 9.10. The van der Waals surface area contributed by atoms with Crippen LogP contribution in [0.4, 0.5) is 14.6 Å². The number of alkyl halides is 2. The van der Waals surface area contributed by atoms with E-state index in [0.717, 1.165) is 5.56 Å².